The quantitative estimate of drug-likeness (QED) is 0.910. The summed E-state index contributed by atoms with van der Waals surface area (Å²) in [5.74, 6) is -0.796. The van der Waals surface area contributed by atoms with E-state index in [1.54, 1.807) is 19.1 Å². The van der Waals surface area contributed by atoms with Gasteiger partial charge in [-0.2, -0.15) is 0 Å². The van der Waals surface area contributed by atoms with Crippen LogP contribution < -0.4 is 5.32 Å². The van der Waals surface area contributed by atoms with Crippen LogP contribution in [-0.2, 0) is 4.74 Å². The molecule has 0 saturated carbocycles. The molecule has 2 rings (SSSR count). The molecule has 1 N–H and O–H groups in total. The van der Waals surface area contributed by atoms with Gasteiger partial charge in [-0.3, -0.25) is 9.69 Å². The predicted octanol–water partition coefficient (Wildman–Crippen LogP) is 1.58. The first-order valence-corrected chi connectivity index (χ1v) is 6.94. The lowest BCUT2D eigenvalue weighted by molar-refractivity contribution is 0.0342. The van der Waals surface area contributed by atoms with Gasteiger partial charge in [-0.05, 0) is 25.5 Å². The average molecular weight is 280 g/mol. The summed E-state index contributed by atoms with van der Waals surface area (Å²) >= 11 is 0. The molecule has 1 fully saturated rings. The molecule has 110 valence electrons. The van der Waals surface area contributed by atoms with Crippen molar-refractivity contribution in [3.8, 4) is 0 Å². The van der Waals surface area contributed by atoms with Crippen LogP contribution >= 0.6 is 0 Å². The van der Waals surface area contributed by atoms with Crippen molar-refractivity contribution in [2.75, 3.05) is 32.8 Å². The third-order valence-corrected chi connectivity index (χ3v) is 3.45. The molecule has 1 atom stereocenters. The highest BCUT2D eigenvalue weighted by molar-refractivity contribution is 5.94. The molecule has 0 radical (unpaired) electrons. The Morgan fingerprint density at radius 2 is 2.15 bits per heavy atom. The van der Waals surface area contributed by atoms with Crippen LogP contribution in [0.2, 0.25) is 0 Å². The molecular formula is C15H21FN2O2. The molecule has 1 unspecified atom stereocenters. The van der Waals surface area contributed by atoms with Crippen molar-refractivity contribution >= 4 is 5.91 Å². The summed E-state index contributed by atoms with van der Waals surface area (Å²) in [5, 5.41) is 2.85. The molecule has 1 aromatic carbocycles. The molecule has 1 aliphatic rings. The zero-order valence-corrected chi connectivity index (χ0v) is 12.0. The number of nitrogens with one attached hydrogen (secondary N) is 1. The Balaban J connectivity index is 1.91. The van der Waals surface area contributed by atoms with E-state index < -0.39 is 5.82 Å². The van der Waals surface area contributed by atoms with Crippen LogP contribution in [0, 0.1) is 12.7 Å². The summed E-state index contributed by atoms with van der Waals surface area (Å²) in [7, 11) is 0. The number of nitrogens with zero attached hydrogens (tertiary/aromatic N) is 1. The van der Waals surface area contributed by atoms with E-state index in [2.05, 4.69) is 10.2 Å². The fourth-order valence-corrected chi connectivity index (χ4v) is 2.34. The molecule has 0 bridgehead atoms. The molecule has 4 nitrogen and oxygen atoms in total. The van der Waals surface area contributed by atoms with Gasteiger partial charge >= 0.3 is 0 Å². The third-order valence-electron chi connectivity index (χ3n) is 3.45. The summed E-state index contributed by atoms with van der Waals surface area (Å²) in [6, 6.07) is 4.84. The third kappa shape index (κ3) is 3.77. The van der Waals surface area contributed by atoms with E-state index in [1.165, 1.54) is 6.07 Å². The van der Waals surface area contributed by atoms with E-state index in [0.717, 1.165) is 32.8 Å². The molecule has 1 heterocycles. The highest BCUT2D eigenvalue weighted by atomic mass is 19.1. The second-order valence-corrected chi connectivity index (χ2v) is 5.22. The Bertz CT molecular complexity index is 473. The normalized spacial score (nSPS) is 17.8. The van der Waals surface area contributed by atoms with Gasteiger partial charge in [0.2, 0.25) is 0 Å². The zero-order valence-electron chi connectivity index (χ0n) is 12.0. The lowest BCUT2D eigenvalue weighted by Crippen LogP contribution is -2.46. The molecule has 5 heteroatoms. The summed E-state index contributed by atoms with van der Waals surface area (Å²) < 4.78 is 19.2. The molecule has 0 aliphatic carbocycles. The van der Waals surface area contributed by atoms with Gasteiger partial charge < -0.3 is 10.1 Å². The number of carbonyl (C=O) groups is 1. The number of rotatable bonds is 4. The summed E-state index contributed by atoms with van der Waals surface area (Å²) in [6.45, 7) is 7.55. The van der Waals surface area contributed by atoms with Crippen molar-refractivity contribution < 1.29 is 13.9 Å². The number of morpholine rings is 1. The van der Waals surface area contributed by atoms with E-state index in [9.17, 15) is 9.18 Å². The molecule has 1 amide bonds. The minimum absolute atomic E-state index is 0.0273. The van der Waals surface area contributed by atoms with Gasteiger partial charge in [0.15, 0.2) is 0 Å². The smallest absolute Gasteiger partial charge is 0.254 e. The molecule has 1 aliphatic heterocycles. The Labute approximate surface area is 118 Å². The monoisotopic (exact) mass is 280 g/mol. The fraction of sp³-hybridized carbons (Fsp3) is 0.533. The number of carbonyl (C=O) groups excluding carboxylic acids is 1. The molecule has 0 aromatic heterocycles. The zero-order chi connectivity index (χ0) is 14.5. The van der Waals surface area contributed by atoms with E-state index >= 15 is 0 Å². The Morgan fingerprint density at radius 1 is 1.45 bits per heavy atom. The van der Waals surface area contributed by atoms with E-state index in [1.807, 2.05) is 6.92 Å². The minimum atomic E-state index is -0.441. The summed E-state index contributed by atoms with van der Waals surface area (Å²) in [6.07, 6.45) is 0. The number of hydrogen-bond donors (Lipinski definition) is 1. The highest BCUT2D eigenvalue weighted by Crippen LogP contribution is 2.12. The van der Waals surface area contributed by atoms with Crippen LogP contribution in [0.4, 0.5) is 4.39 Å². The van der Waals surface area contributed by atoms with Crippen LogP contribution in [0.25, 0.3) is 0 Å². The SMILES string of the molecule is Cc1cccc(C(=O)NC(C)CN2CCOCC2)c1F. The maximum Gasteiger partial charge on any atom is 0.254 e. The number of ether oxygens (including phenoxy) is 1. The van der Waals surface area contributed by atoms with Crippen molar-refractivity contribution in [1.29, 1.82) is 0 Å². The van der Waals surface area contributed by atoms with Crippen molar-refractivity contribution in [2.24, 2.45) is 0 Å². The molecule has 1 aromatic rings. The van der Waals surface area contributed by atoms with Gasteiger partial charge in [0.05, 0.1) is 18.8 Å². The molecule has 0 spiro atoms. The van der Waals surface area contributed by atoms with Crippen LogP contribution in [0.5, 0.6) is 0 Å². The van der Waals surface area contributed by atoms with Gasteiger partial charge in [0.1, 0.15) is 5.82 Å². The van der Waals surface area contributed by atoms with E-state index in [-0.39, 0.29) is 17.5 Å². The van der Waals surface area contributed by atoms with Crippen molar-refractivity contribution in [3.05, 3.63) is 35.1 Å². The average Bonchev–Trinajstić information content (AvgIpc) is 2.42. The lowest BCUT2D eigenvalue weighted by atomic mass is 10.1. The standard InChI is InChI=1S/C15H21FN2O2/c1-11-4-3-5-13(14(11)16)15(19)17-12(2)10-18-6-8-20-9-7-18/h3-5,12H,6-10H2,1-2H3,(H,17,19). The number of halogens is 1. The number of hydrogen-bond acceptors (Lipinski definition) is 3. The van der Waals surface area contributed by atoms with Gasteiger partial charge in [-0.15, -0.1) is 0 Å². The van der Waals surface area contributed by atoms with E-state index in [0.29, 0.717) is 5.56 Å². The summed E-state index contributed by atoms with van der Waals surface area (Å²) in [4.78, 5) is 14.3. The molecular weight excluding hydrogens is 259 g/mol. The van der Waals surface area contributed by atoms with Gasteiger partial charge in [0.25, 0.3) is 5.91 Å². The minimum Gasteiger partial charge on any atom is -0.379 e. The first-order chi connectivity index (χ1) is 9.58. The second-order valence-electron chi connectivity index (χ2n) is 5.22. The van der Waals surface area contributed by atoms with Gasteiger partial charge in [-0.25, -0.2) is 4.39 Å². The fourth-order valence-electron chi connectivity index (χ4n) is 2.34. The Kier molecular flexibility index (Phi) is 5.09. The van der Waals surface area contributed by atoms with Crippen LogP contribution in [0.3, 0.4) is 0 Å². The van der Waals surface area contributed by atoms with Crippen molar-refractivity contribution in [2.45, 2.75) is 19.9 Å². The maximum atomic E-state index is 13.9. The second kappa shape index (κ2) is 6.81. The van der Waals surface area contributed by atoms with Crippen LogP contribution in [-0.4, -0.2) is 49.7 Å². The Morgan fingerprint density at radius 3 is 2.85 bits per heavy atom. The largest absolute Gasteiger partial charge is 0.379 e. The number of amides is 1. The summed E-state index contributed by atoms with van der Waals surface area (Å²) in [5.41, 5.74) is 0.595. The number of aryl methyl sites for hydroxylation is 1. The van der Waals surface area contributed by atoms with Crippen molar-refractivity contribution in [3.63, 3.8) is 0 Å². The first kappa shape index (κ1) is 14.9. The van der Waals surface area contributed by atoms with Gasteiger partial charge in [-0.1, -0.05) is 12.1 Å². The van der Waals surface area contributed by atoms with Crippen LogP contribution in [0.15, 0.2) is 18.2 Å². The highest BCUT2D eigenvalue weighted by Gasteiger charge is 2.18. The van der Waals surface area contributed by atoms with Crippen molar-refractivity contribution in [1.82, 2.24) is 10.2 Å². The molecule has 20 heavy (non-hydrogen) atoms. The number of benzene rings is 1. The molecule has 1 saturated heterocycles. The first-order valence-electron chi connectivity index (χ1n) is 6.94. The van der Waals surface area contributed by atoms with Crippen LogP contribution in [0.1, 0.15) is 22.8 Å². The Hall–Kier alpha value is -1.46. The maximum absolute atomic E-state index is 13.9. The topological polar surface area (TPSA) is 41.6 Å². The lowest BCUT2D eigenvalue weighted by Gasteiger charge is -2.29. The van der Waals surface area contributed by atoms with E-state index in [4.69, 9.17) is 4.74 Å². The van der Waals surface area contributed by atoms with Gasteiger partial charge in [0, 0.05) is 25.7 Å². The predicted molar refractivity (Wildman–Crippen MR) is 75.3 cm³/mol.